The van der Waals surface area contributed by atoms with E-state index < -0.39 is 77.5 Å². The number of alkyl halides is 2. The van der Waals surface area contributed by atoms with Crippen molar-refractivity contribution in [3.63, 3.8) is 0 Å². The largest absolute Gasteiger partial charge is 0.582 e. The third-order valence-corrected chi connectivity index (χ3v) is 9.48. The number of hydrogen-bond donors (Lipinski definition) is 5. The molecule has 0 saturated carbocycles. The number of imidazole rings is 2. The molecule has 3 aliphatic heterocycles. The molecule has 4 N–H and O–H groups in total. The van der Waals surface area contributed by atoms with Gasteiger partial charge in [0, 0.05) is 13.1 Å². The fourth-order valence-electron chi connectivity index (χ4n) is 5.64. The highest BCUT2D eigenvalue weighted by Gasteiger charge is 2.54. The van der Waals surface area contributed by atoms with Crippen molar-refractivity contribution >= 4 is 61.3 Å². The van der Waals surface area contributed by atoms with Crippen LogP contribution in [-0.2, 0) is 32.2 Å². The number of fused-ring (bicyclic) bond motifs is 6. The van der Waals surface area contributed by atoms with E-state index in [-0.39, 0.29) is 22.3 Å². The van der Waals surface area contributed by atoms with Crippen LogP contribution in [0.3, 0.4) is 0 Å². The fraction of sp³-hybridized carbons (Fsp3) is 0.500. The Morgan fingerprint density at radius 3 is 2.10 bits per heavy atom. The Labute approximate surface area is 274 Å². The van der Waals surface area contributed by atoms with Crippen molar-refractivity contribution in [3.05, 3.63) is 37.5 Å². The Bertz CT molecular complexity index is 1910. The van der Waals surface area contributed by atoms with Gasteiger partial charge in [-0.1, -0.05) is 12.2 Å². The number of nitrogens with one attached hydrogen (secondary N) is 2. The first-order chi connectivity index (χ1) is 23.1. The third-order valence-electron chi connectivity index (χ3n) is 7.79. The number of hydrogen-bond acceptors (Lipinski definition) is 16. The second-order valence-corrected chi connectivity index (χ2v) is 13.7. The summed E-state index contributed by atoms with van der Waals surface area (Å²) in [4.78, 5) is 36.0. The zero-order valence-electron chi connectivity index (χ0n) is 24.3. The molecule has 12 bridgehead atoms. The average molecular weight is 732 g/mol. The molecular formula is C24H27F2N10O9P2S+. The van der Waals surface area contributed by atoms with Gasteiger partial charge in [0.15, 0.2) is 64.9 Å². The van der Waals surface area contributed by atoms with Crippen molar-refractivity contribution in [1.82, 2.24) is 39.0 Å². The van der Waals surface area contributed by atoms with Gasteiger partial charge in [0.2, 0.25) is 0 Å². The number of aliphatic hydroxyl groups excluding tert-OH is 1. The Balaban J connectivity index is 1.23. The number of halogens is 2. The zero-order chi connectivity index (χ0) is 33.6. The molecule has 256 valence electrons. The van der Waals surface area contributed by atoms with Gasteiger partial charge in [0.25, 0.3) is 0 Å². The number of thiol groups is 1. The molecule has 7 heterocycles. The molecule has 0 aromatic carbocycles. The van der Waals surface area contributed by atoms with Crippen LogP contribution in [0, 0.1) is 0 Å². The summed E-state index contributed by atoms with van der Waals surface area (Å²) in [6, 6.07) is 0. The molecule has 19 nitrogen and oxygen atoms in total. The molecule has 48 heavy (non-hydrogen) atoms. The van der Waals surface area contributed by atoms with Crippen LogP contribution in [0.1, 0.15) is 12.5 Å². The van der Waals surface area contributed by atoms with Gasteiger partial charge in [-0.05, 0) is 4.57 Å². The quantitative estimate of drug-likeness (QED) is 0.115. The van der Waals surface area contributed by atoms with Crippen molar-refractivity contribution in [2.45, 2.75) is 49.2 Å². The Kier molecular flexibility index (Phi) is 9.37. The zero-order valence-corrected chi connectivity index (χ0v) is 27.0. The normalized spacial score (nSPS) is 33.8. The van der Waals surface area contributed by atoms with E-state index in [0.29, 0.717) is 24.7 Å². The fourth-order valence-corrected chi connectivity index (χ4v) is 7.38. The number of anilines is 2. The predicted molar refractivity (Wildman–Crippen MR) is 164 cm³/mol. The highest BCUT2D eigenvalue weighted by Crippen LogP contribution is 2.51. The summed E-state index contributed by atoms with van der Waals surface area (Å²) in [5.41, 5.74) is 0.930. The second-order valence-electron chi connectivity index (χ2n) is 10.7. The van der Waals surface area contributed by atoms with E-state index in [1.165, 1.54) is 34.4 Å². The highest BCUT2D eigenvalue weighted by atomic mass is 32.7. The van der Waals surface area contributed by atoms with Crippen molar-refractivity contribution in [1.29, 1.82) is 0 Å². The monoisotopic (exact) mass is 731 g/mol. The van der Waals surface area contributed by atoms with Gasteiger partial charge in [-0.25, -0.2) is 43.2 Å². The predicted octanol–water partition coefficient (Wildman–Crippen LogP) is 2.00. The second kappa shape index (κ2) is 13.5. The summed E-state index contributed by atoms with van der Waals surface area (Å²) in [5.74, 6) is 0.686. The SMILES string of the molecule is O=[P+](S)O[C@@H]1C2COP(=O)(O)O[C@H]3[C@@H](F)[C@@H](O[C@@H]3CO)n3cnc4c(ncnc43)NC/C=C/CNc3ncnc4c3ncn4[C@H](O2)[C@@H]1F. The summed E-state index contributed by atoms with van der Waals surface area (Å²) in [5, 5.41) is 16.1. The molecule has 4 aromatic rings. The smallest absolute Gasteiger partial charge is 0.394 e. The van der Waals surface area contributed by atoms with E-state index in [2.05, 4.69) is 52.8 Å². The summed E-state index contributed by atoms with van der Waals surface area (Å²) >= 11 is 3.72. The maximum atomic E-state index is 15.9. The van der Waals surface area contributed by atoms with Gasteiger partial charge in [-0.15, -0.1) is 4.52 Å². The molecule has 2 saturated heterocycles. The van der Waals surface area contributed by atoms with Gasteiger partial charge >= 0.3 is 15.1 Å². The first kappa shape index (κ1) is 33.2. The summed E-state index contributed by atoms with van der Waals surface area (Å²) in [7, 11) is -7.82. The summed E-state index contributed by atoms with van der Waals surface area (Å²) in [6.45, 7) is -0.988. The van der Waals surface area contributed by atoms with Crippen molar-refractivity contribution < 1.29 is 51.0 Å². The van der Waals surface area contributed by atoms with E-state index in [4.69, 9.17) is 23.0 Å². The molecule has 0 amide bonds. The highest BCUT2D eigenvalue weighted by molar-refractivity contribution is 8.39. The number of rotatable bonds is 3. The Hall–Kier alpha value is -3.30. The summed E-state index contributed by atoms with van der Waals surface area (Å²) < 4.78 is 86.2. The van der Waals surface area contributed by atoms with E-state index in [9.17, 15) is 19.1 Å². The molecule has 4 aromatic heterocycles. The molecule has 0 spiro atoms. The first-order valence-electron chi connectivity index (χ1n) is 14.3. The molecule has 10 atom stereocenters. The molecule has 24 heteroatoms. The molecule has 3 unspecified atom stereocenters. The minimum Gasteiger partial charge on any atom is -0.394 e. The number of phosphoric ester groups is 1. The van der Waals surface area contributed by atoms with Crippen LogP contribution >= 0.6 is 27.3 Å². The van der Waals surface area contributed by atoms with Crippen LogP contribution in [-0.4, -0.2) is 112 Å². The van der Waals surface area contributed by atoms with Gasteiger partial charge in [0.05, 0.1) is 25.9 Å². The number of ether oxygens (including phenoxy) is 2. The third kappa shape index (κ3) is 6.28. The molecule has 3 aliphatic rings. The van der Waals surface area contributed by atoms with Crippen LogP contribution in [0.15, 0.2) is 37.5 Å². The maximum absolute atomic E-state index is 15.9. The van der Waals surface area contributed by atoms with Crippen molar-refractivity contribution in [2.75, 3.05) is 36.9 Å². The van der Waals surface area contributed by atoms with Crippen LogP contribution < -0.4 is 10.6 Å². The van der Waals surface area contributed by atoms with Crippen molar-refractivity contribution in [2.24, 2.45) is 0 Å². The summed E-state index contributed by atoms with van der Waals surface area (Å²) in [6.07, 6.45) is -4.68. The minimum absolute atomic E-state index is 0.176. The average Bonchev–Trinajstić information content (AvgIpc) is 3.82. The topological polar surface area (TPSA) is 232 Å². The lowest BCUT2D eigenvalue weighted by Gasteiger charge is -2.22. The van der Waals surface area contributed by atoms with E-state index in [0.717, 1.165) is 0 Å². The standard InChI is InChI=1S/C24H26F2N10O9P2S/c25-13-17(44-46(38)48)12-6-41-47(39,40)45-18-11(5-37)42-24(14(18)26)36-10-34-16-20(30-8-32-22(16)36)28-4-2-1-3-27-19-15-21(31-7-29-19)35(9-33-15)23(13)43-12/h1-2,7-14,17-18,23-24,37H,3-6H2,(H3-,27,28,29,30,31,32,38,39,40,48)/p+1/b2-1+/t11-,12?,13-,14-,17-,18-,23-,24-/m1/s1. The number of phosphoric acid groups is 1. The van der Waals surface area contributed by atoms with Gasteiger partial charge in [-0.3, -0.25) is 18.2 Å². The lowest BCUT2D eigenvalue weighted by atomic mass is 10.1. The van der Waals surface area contributed by atoms with Crippen molar-refractivity contribution in [3.8, 4) is 0 Å². The number of aromatic nitrogens is 8. The lowest BCUT2D eigenvalue weighted by molar-refractivity contribution is -0.0547. The van der Waals surface area contributed by atoms with Crippen LogP contribution in [0.4, 0.5) is 20.4 Å². The van der Waals surface area contributed by atoms with Crippen LogP contribution in [0.2, 0.25) is 0 Å². The molecule has 0 radical (unpaired) electrons. The van der Waals surface area contributed by atoms with Gasteiger partial charge < -0.3 is 30.1 Å². The molecule has 7 rings (SSSR count). The van der Waals surface area contributed by atoms with Gasteiger partial charge in [0.1, 0.15) is 43.2 Å². The van der Waals surface area contributed by atoms with Gasteiger partial charge in [-0.2, -0.15) is 0 Å². The molecule has 0 aliphatic carbocycles. The number of aliphatic hydroxyl groups is 1. The molecule has 2 fully saturated rings. The van der Waals surface area contributed by atoms with E-state index >= 15 is 8.78 Å². The first-order valence-corrected chi connectivity index (χ1v) is 18.1. The van der Waals surface area contributed by atoms with Crippen LogP contribution in [0.5, 0.6) is 0 Å². The van der Waals surface area contributed by atoms with Crippen LogP contribution in [0.25, 0.3) is 22.3 Å². The maximum Gasteiger partial charge on any atom is 0.582 e. The number of nitrogens with zero attached hydrogens (tertiary/aromatic N) is 8. The Morgan fingerprint density at radius 1 is 0.958 bits per heavy atom. The Morgan fingerprint density at radius 2 is 1.54 bits per heavy atom. The van der Waals surface area contributed by atoms with E-state index in [1.54, 1.807) is 6.08 Å². The minimum atomic E-state index is -5.15. The lowest BCUT2D eigenvalue weighted by Crippen LogP contribution is -2.34. The molecular weight excluding hydrogens is 704 g/mol. The van der Waals surface area contributed by atoms with E-state index in [1.807, 2.05) is 6.08 Å².